The predicted octanol–water partition coefficient (Wildman–Crippen LogP) is 5.45. The number of hydrogen-bond acceptors (Lipinski definition) is 1. The number of carboxylic acid groups (broad SMARTS) is 1. The average molecular weight is 306 g/mol. The quantitative estimate of drug-likeness (QED) is 0.602. The molecule has 0 spiro atoms. The van der Waals surface area contributed by atoms with Crippen molar-refractivity contribution < 1.29 is 9.90 Å². The second kappa shape index (κ2) is 7.10. The van der Waals surface area contributed by atoms with Gasteiger partial charge in [-0.3, -0.25) is 0 Å². The summed E-state index contributed by atoms with van der Waals surface area (Å²) in [6.07, 6.45) is 6.91. The van der Waals surface area contributed by atoms with E-state index in [2.05, 4.69) is 51.1 Å². The molecule has 0 bridgehead atoms. The zero-order valence-electron chi connectivity index (χ0n) is 14.1. The Labute approximate surface area is 137 Å². The number of hydrogen-bond donors (Lipinski definition) is 1. The zero-order valence-corrected chi connectivity index (χ0v) is 14.1. The molecule has 0 heterocycles. The summed E-state index contributed by atoms with van der Waals surface area (Å²) in [6, 6.07) is 10.9. The minimum Gasteiger partial charge on any atom is -0.478 e. The molecule has 2 heteroatoms. The normalized spacial score (nSPS) is 13.0. The van der Waals surface area contributed by atoms with E-state index in [1.807, 2.05) is 12.2 Å². The van der Waals surface area contributed by atoms with Crippen molar-refractivity contribution in [2.24, 2.45) is 0 Å². The fourth-order valence-corrected chi connectivity index (χ4v) is 2.63. The lowest BCUT2D eigenvalue weighted by atomic mass is 9.96. The van der Waals surface area contributed by atoms with Gasteiger partial charge < -0.3 is 5.11 Å². The summed E-state index contributed by atoms with van der Waals surface area (Å²) in [4.78, 5) is 10.6. The van der Waals surface area contributed by atoms with Crippen molar-refractivity contribution in [2.45, 2.75) is 27.7 Å². The molecule has 23 heavy (non-hydrogen) atoms. The van der Waals surface area contributed by atoms with E-state index in [-0.39, 0.29) is 0 Å². The van der Waals surface area contributed by atoms with Crippen molar-refractivity contribution in [1.82, 2.24) is 0 Å². The lowest BCUT2D eigenvalue weighted by Gasteiger charge is -2.09. The van der Waals surface area contributed by atoms with Gasteiger partial charge in [-0.05, 0) is 66.8 Å². The topological polar surface area (TPSA) is 37.3 Å². The van der Waals surface area contributed by atoms with E-state index in [4.69, 9.17) is 5.11 Å². The third kappa shape index (κ3) is 4.43. The summed E-state index contributed by atoms with van der Waals surface area (Å²) in [6.45, 7) is 8.07. The average Bonchev–Trinajstić information content (AvgIpc) is 2.46. The Morgan fingerprint density at radius 2 is 1.78 bits per heavy atom. The first kappa shape index (κ1) is 16.8. The summed E-state index contributed by atoms with van der Waals surface area (Å²) in [5.74, 6) is -0.923. The maximum absolute atomic E-state index is 10.6. The molecule has 2 aromatic rings. The summed E-state index contributed by atoms with van der Waals surface area (Å²) >= 11 is 0. The Balaban J connectivity index is 2.35. The van der Waals surface area contributed by atoms with Crippen LogP contribution >= 0.6 is 0 Å². The molecule has 0 atom stereocenters. The number of carboxylic acids is 1. The monoisotopic (exact) mass is 306 g/mol. The molecule has 0 unspecified atom stereocenters. The van der Waals surface area contributed by atoms with Crippen molar-refractivity contribution in [3.63, 3.8) is 0 Å². The van der Waals surface area contributed by atoms with Gasteiger partial charge in [0.15, 0.2) is 0 Å². The predicted molar refractivity (Wildman–Crippen MR) is 97.6 cm³/mol. The molecule has 1 N–H and O–H groups in total. The first-order valence-corrected chi connectivity index (χ1v) is 7.64. The first-order valence-electron chi connectivity index (χ1n) is 7.64. The minimum absolute atomic E-state index is 0.715. The molecular weight excluding hydrogens is 284 g/mol. The molecule has 2 rings (SSSR count). The van der Waals surface area contributed by atoms with Gasteiger partial charge in [-0.15, -0.1) is 0 Å². The third-order valence-corrected chi connectivity index (χ3v) is 3.82. The number of allylic oxidation sites excluding steroid dienone is 5. The molecule has 2 nitrogen and oxygen atoms in total. The largest absolute Gasteiger partial charge is 0.478 e. The van der Waals surface area contributed by atoms with Crippen LogP contribution in [0.15, 0.2) is 60.2 Å². The molecule has 0 fully saturated rings. The van der Waals surface area contributed by atoms with Crippen molar-refractivity contribution >= 4 is 22.3 Å². The van der Waals surface area contributed by atoms with Crippen molar-refractivity contribution in [3.05, 3.63) is 76.9 Å². The van der Waals surface area contributed by atoms with Crippen LogP contribution in [-0.4, -0.2) is 11.1 Å². The van der Waals surface area contributed by atoms with Gasteiger partial charge in [0, 0.05) is 6.08 Å². The second-order valence-electron chi connectivity index (χ2n) is 5.95. The van der Waals surface area contributed by atoms with E-state index in [9.17, 15) is 4.79 Å². The van der Waals surface area contributed by atoms with Gasteiger partial charge in [0.25, 0.3) is 0 Å². The number of carbonyl (C=O) groups is 1. The Kier molecular flexibility index (Phi) is 5.17. The van der Waals surface area contributed by atoms with Crippen LogP contribution in [0, 0.1) is 13.8 Å². The minimum atomic E-state index is -0.923. The molecule has 0 saturated heterocycles. The van der Waals surface area contributed by atoms with Gasteiger partial charge >= 0.3 is 5.97 Å². The van der Waals surface area contributed by atoms with Gasteiger partial charge in [-0.1, -0.05) is 48.1 Å². The molecule has 0 aliphatic heterocycles. The fraction of sp³-hybridized carbons (Fsp3) is 0.190. The van der Waals surface area contributed by atoms with Crippen LogP contribution in [-0.2, 0) is 4.79 Å². The number of rotatable bonds is 4. The van der Waals surface area contributed by atoms with E-state index in [1.165, 1.54) is 33.5 Å². The molecular formula is C21H22O2. The molecule has 0 amide bonds. The third-order valence-electron chi connectivity index (χ3n) is 3.82. The Morgan fingerprint density at radius 1 is 1.04 bits per heavy atom. The Bertz CT molecular complexity index is 836. The second-order valence-corrected chi connectivity index (χ2v) is 5.95. The molecule has 0 aromatic heterocycles. The SMILES string of the molecule is C/C(=C/C=C/C(C)=C/C(=O)O)c1cc2cc(C)ccc2cc1C. The molecule has 0 aliphatic carbocycles. The summed E-state index contributed by atoms with van der Waals surface area (Å²) < 4.78 is 0. The van der Waals surface area contributed by atoms with E-state index in [0.29, 0.717) is 5.57 Å². The van der Waals surface area contributed by atoms with Gasteiger partial charge in [0.05, 0.1) is 0 Å². The Morgan fingerprint density at radius 3 is 2.48 bits per heavy atom. The fourth-order valence-electron chi connectivity index (χ4n) is 2.63. The number of aliphatic carboxylic acids is 1. The number of benzene rings is 2. The molecule has 0 radical (unpaired) electrons. The van der Waals surface area contributed by atoms with Crippen LogP contribution < -0.4 is 0 Å². The van der Waals surface area contributed by atoms with Gasteiger partial charge in [0.2, 0.25) is 0 Å². The molecule has 0 aliphatic rings. The van der Waals surface area contributed by atoms with Crippen LogP contribution in [0.2, 0.25) is 0 Å². The van der Waals surface area contributed by atoms with E-state index >= 15 is 0 Å². The summed E-state index contributed by atoms with van der Waals surface area (Å²) in [5.41, 5.74) is 5.58. The highest BCUT2D eigenvalue weighted by molar-refractivity contribution is 5.88. The smallest absolute Gasteiger partial charge is 0.328 e. The molecule has 118 valence electrons. The van der Waals surface area contributed by atoms with E-state index in [1.54, 1.807) is 13.0 Å². The maximum atomic E-state index is 10.6. The van der Waals surface area contributed by atoms with Crippen LogP contribution in [0.1, 0.15) is 30.5 Å². The van der Waals surface area contributed by atoms with E-state index in [0.717, 1.165) is 5.57 Å². The maximum Gasteiger partial charge on any atom is 0.328 e. The van der Waals surface area contributed by atoms with Crippen molar-refractivity contribution in [2.75, 3.05) is 0 Å². The van der Waals surface area contributed by atoms with Gasteiger partial charge in [0.1, 0.15) is 0 Å². The van der Waals surface area contributed by atoms with Crippen molar-refractivity contribution in [3.8, 4) is 0 Å². The van der Waals surface area contributed by atoms with Crippen LogP contribution in [0.25, 0.3) is 16.3 Å². The highest BCUT2D eigenvalue weighted by Crippen LogP contribution is 2.26. The summed E-state index contributed by atoms with van der Waals surface area (Å²) in [7, 11) is 0. The number of fused-ring (bicyclic) bond motifs is 1. The lowest BCUT2D eigenvalue weighted by Crippen LogP contribution is -1.88. The molecule has 2 aromatic carbocycles. The van der Waals surface area contributed by atoms with Crippen LogP contribution in [0.5, 0.6) is 0 Å². The van der Waals surface area contributed by atoms with Crippen LogP contribution in [0.4, 0.5) is 0 Å². The van der Waals surface area contributed by atoms with Gasteiger partial charge in [-0.2, -0.15) is 0 Å². The highest BCUT2D eigenvalue weighted by Gasteiger charge is 2.03. The highest BCUT2D eigenvalue weighted by atomic mass is 16.4. The number of aryl methyl sites for hydroxylation is 2. The van der Waals surface area contributed by atoms with Gasteiger partial charge in [-0.25, -0.2) is 4.79 Å². The summed E-state index contributed by atoms with van der Waals surface area (Å²) in [5, 5.41) is 11.2. The standard InChI is InChI=1S/C21H22O2/c1-14(11-21(22)23)6-5-7-16(3)20-13-19-10-15(2)8-9-18(19)12-17(20)4/h5-13H,1-4H3,(H,22,23)/b6-5+,14-11+,16-7-. The van der Waals surface area contributed by atoms with Crippen LogP contribution in [0.3, 0.4) is 0 Å². The lowest BCUT2D eigenvalue weighted by molar-refractivity contribution is -0.131. The van der Waals surface area contributed by atoms with Crippen molar-refractivity contribution in [1.29, 1.82) is 0 Å². The molecule has 0 saturated carbocycles. The van der Waals surface area contributed by atoms with E-state index < -0.39 is 5.97 Å². The first-order chi connectivity index (χ1) is 10.9. The zero-order chi connectivity index (χ0) is 17.0. The Hall–Kier alpha value is -2.61.